The van der Waals surface area contributed by atoms with E-state index in [2.05, 4.69) is 0 Å². The van der Waals surface area contributed by atoms with Crippen molar-refractivity contribution in [2.75, 3.05) is 159 Å². The van der Waals surface area contributed by atoms with Crippen LogP contribution in [0.3, 0.4) is 0 Å². The predicted octanol–water partition coefficient (Wildman–Crippen LogP) is 11.1. The molecule has 2 saturated carbocycles. The zero-order chi connectivity index (χ0) is 71.1. The molecule has 10 aliphatic rings. The molecule has 0 bridgehead atoms. The number of hydrogen-bond donors (Lipinski definition) is 4. The quantitative estimate of drug-likeness (QED) is 0.00935. The highest BCUT2D eigenvalue weighted by Crippen LogP contribution is 3.02. The lowest BCUT2D eigenvalue weighted by atomic mass is 9.66. The predicted molar refractivity (Wildman–Crippen MR) is 410 cm³/mol. The van der Waals surface area contributed by atoms with Crippen molar-refractivity contribution in [1.29, 1.82) is 0 Å². The number of carbonyl (C=O) groups is 4. The zero-order valence-electron chi connectivity index (χ0n) is 58.3. The van der Waals surface area contributed by atoms with Gasteiger partial charge < -0.3 is 77.3 Å². The molecule has 4 N–H and O–H groups in total. The molecule has 2 fully saturated rings. The van der Waals surface area contributed by atoms with Gasteiger partial charge in [0.05, 0.1) is 154 Å². The highest BCUT2D eigenvalue weighted by molar-refractivity contribution is 6.79. The molecule has 0 aliphatic heterocycles. The molecule has 110 heavy (non-hydrogen) atoms. The lowest BCUT2D eigenvalue weighted by Gasteiger charge is -2.34. The summed E-state index contributed by atoms with van der Waals surface area (Å²) in [5, 5.41) is 93.7. The van der Waals surface area contributed by atoms with Crippen molar-refractivity contribution in [2.24, 2.45) is 10.8 Å². The third-order valence-electron chi connectivity index (χ3n) is 31.7. The van der Waals surface area contributed by atoms with Crippen molar-refractivity contribution in [3.63, 3.8) is 0 Å². The fourth-order valence-corrected chi connectivity index (χ4v) is 30.8. The second kappa shape index (κ2) is 16.3. The van der Waals surface area contributed by atoms with Crippen LogP contribution in [0.4, 0.5) is 0 Å². The maximum Gasteiger partial charge on any atom is 0.326 e. The van der Waals surface area contributed by atoms with Gasteiger partial charge >= 0.3 is 23.9 Å². The van der Waals surface area contributed by atoms with Gasteiger partial charge in [-0.3, -0.25) is 19.2 Å². The first kappa shape index (κ1) is 56.4. The number of aliphatic hydroxyl groups excluding tert-OH is 4. The van der Waals surface area contributed by atoms with Crippen molar-refractivity contribution in [3.05, 3.63) is 44.5 Å². The summed E-state index contributed by atoms with van der Waals surface area (Å²) in [6, 6.07) is 0. The van der Waals surface area contributed by atoms with E-state index in [1.165, 1.54) is 162 Å². The van der Waals surface area contributed by atoms with Crippen LogP contribution in [-0.4, -0.2) is 203 Å². The van der Waals surface area contributed by atoms with Crippen molar-refractivity contribution in [3.8, 4) is 11.1 Å². The molecule has 20 nitrogen and oxygen atoms in total. The SMILES string of the molecule is O=C(OCCOCCOCCO)C1(C(=O)OCCOCCOCCO)C23c4c5c6c7c8c9c%10c%11c%12c%13c%14c(c-5c5c%15c%16c(c%17c%18c2c2c4c7c4c8c7c%10c8c%10c%11c%11c%13c(c%14%15)c%13c%16c%14c%17c%15c%18c%16c2c4c2c7c8c4c(c%162)c%15c2c%14c%13c%11c%10c24)C513)C61C(C(=O)OCCOCCOCCO)(C(=O)OCCOCCOCCO)C9%121. The van der Waals surface area contributed by atoms with Gasteiger partial charge in [0.1, 0.15) is 26.4 Å². The molecule has 24 aromatic carbocycles. The van der Waals surface area contributed by atoms with Gasteiger partial charge in [0, 0.05) is 0 Å². The molecule has 34 rings (SSSR count). The van der Waals surface area contributed by atoms with Gasteiger partial charge in [-0.05, 0) is 303 Å². The monoisotopic (exact) mass is 1450 g/mol. The van der Waals surface area contributed by atoms with Crippen LogP contribution in [0.15, 0.2) is 0 Å². The minimum absolute atomic E-state index is 0.0123. The highest BCUT2D eigenvalue weighted by Gasteiger charge is 3.06. The van der Waals surface area contributed by atoms with E-state index in [0.717, 1.165) is 142 Å². The van der Waals surface area contributed by atoms with E-state index in [1.54, 1.807) is 0 Å². The van der Waals surface area contributed by atoms with Crippen LogP contribution in [0.2, 0.25) is 0 Å². The molecule has 10 aliphatic carbocycles. The molecule has 20 heteroatoms. The smallest absolute Gasteiger partial charge is 0.326 e. The van der Waals surface area contributed by atoms with E-state index in [1.807, 2.05) is 0 Å². The fourth-order valence-electron chi connectivity index (χ4n) is 30.8. The van der Waals surface area contributed by atoms with Crippen LogP contribution < -0.4 is 0 Å². The molecular formula is C90H52O20. The topological polar surface area (TPSA) is 260 Å². The summed E-state index contributed by atoms with van der Waals surface area (Å²) in [5.41, 5.74) is -1.30. The Labute approximate surface area is 611 Å². The van der Waals surface area contributed by atoms with E-state index in [0.29, 0.717) is 0 Å². The van der Waals surface area contributed by atoms with Crippen molar-refractivity contribution in [1.82, 2.24) is 0 Å². The van der Waals surface area contributed by atoms with Crippen LogP contribution in [0.5, 0.6) is 0 Å². The molecular weight excluding hydrogens is 1400 g/mol. The Kier molecular flexibility index (Phi) is 8.34. The molecule has 0 radical (unpaired) electrons. The molecule has 4 spiro atoms. The second-order valence-corrected chi connectivity index (χ2v) is 33.8. The van der Waals surface area contributed by atoms with Crippen LogP contribution in [-0.2, 0) is 97.7 Å². The van der Waals surface area contributed by atoms with Gasteiger partial charge in [0.2, 0.25) is 0 Å². The van der Waals surface area contributed by atoms with Gasteiger partial charge in [0.15, 0.2) is 10.8 Å². The zero-order valence-corrected chi connectivity index (χ0v) is 58.3. The average molecular weight is 1450 g/mol. The fraction of sp³-hybridized carbons (Fsp3) is 0.333. The van der Waals surface area contributed by atoms with Gasteiger partial charge in [-0.2, -0.15) is 0 Å². The number of carbonyl (C=O) groups excluding carboxylic acids is 4. The second-order valence-electron chi connectivity index (χ2n) is 33.8. The summed E-state index contributed by atoms with van der Waals surface area (Å²) in [7, 11) is 0. The third kappa shape index (κ3) is 4.15. The molecule has 24 aromatic rings. The molecule has 0 heterocycles. The summed E-state index contributed by atoms with van der Waals surface area (Å²) in [6.45, 7) is 0.670. The van der Waals surface area contributed by atoms with Crippen LogP contribution >= 0.6 is 0 Å². The third-order valence-corrected chi connectivity index (χ3v) is 31.7. The maximum atomic E-state index is 18.0. The first-order valence-electron chi connectivity index (χ1n) is 39.2. The largest absolute Gasteiger partial charge is 0.462 e. The summed E-state index contributed by atoms with van der Waals surface area (Å²) < 4.78 is 75.4. The molecule has 2 atom stereocenters. The van der Waals surface area contributed by atoms with Gasteiger partial charge in [-0.25, -0.2) is 0 Å². The lowest BCUT2D eigenvalue weighted by molar-refractivity contribution is -0.170. The Bertz CT molecular complexity index is 7950. The molecule has 0 amide bonds. The van der Waals surface area contributed by atoms with E-state index >= 15 is 19.2 Å². The maximum absolute atomic E-state index is 18.0. The Morgan fingerprint density at radius 2 is 0.300 bits per heavy atom. The van der Waals surface area contributed by atoms with Crippen LogP contribution in [0.25, 0.3) is 259 Å². The minimum atomic E-state index is -2.18. The van der Waals surface area contributed by atoms with Crippen LogP contribution in [0, 0.1) is 10.8 Å². The number of aliphatic hydroxyl groups is 4. The number of ether oxygens (including phenoxy) is 12. The Morgan fingerprint density at radius 3 is 0.482 bits per heavy atom. The first-order chi connectivity index (χ1) is 54.4. The van der Waals surface area contributed by atoms with Gasteiger partial charge in [-0.1, -0.05) is 0 Å². The number of esters is 4. The minimum Gasteiger partial charge on any atom is -0.462 e. The normalized spacial score (nSPS) is 22.5. The molecule has 532 valence electrons. The standard InChI is InChI=1S/C90H52O20/c91-1-5-99-9-13-103-17-21-107-81(95)89(82(96)108-22-18-104-14-10-100-6-2-92)85-73-59-49-38-29-25-26-28-33-27(25)34-31-36(29)44(49)55-47-40(31)51-42(34)53-46(33)54-43-35(28)32-37-30(26)39(38)50-45(37)56-48-41(32)52(43)64-68-58(48)70(66(56)74(85)60(50)59)80-72-71-77-67(57(47)69(65(55)73)79(71)88(80,85)89)63(51)75-61(53)62(54)76(64)87(78(68)72)86(75,77)90(87,83(97)109-23-19-105-15-11-101-7-3-93)84(98)110-24-20-106-16-12-102-8-4-94/h91-94H,1-24H2. The van der Waals surface area contributed by atoms with Gasteiger partial charge in [0.25, 0.3) is 0 Å². The van der Waals surface area contributed by atoms with Gasteiger partial charge in [-0.15, -0.1) is 0 Å². The summed E-state index contributed by atoms with van der Waals surface area (Å²) >= 11 is 0. The van der Waals surface area contributed by atoms with E-state index in [4.69, 9.17) is 56.8 Å². The van der Waals surface area contributed by atoms with E-state index < -0.39 is 56.4 Å². The number of rotatable bonds is 36. The Balaban J connectivity index is 0.777. The highest BCUT2D eigenvalue weighted by atomic mass is 16.6. The summed E-state index contributed by atoms with van der Waals surface area (Å²) in [5.74, 6) is -2.83. The van der Waals surface area contributed by atoms with Crippen molar-refractivity contribution in [2.45, 2.75) is 21.7 Å². The van der Waals surface area contributed by atoms with E-state index in [-0.39, 0.29) is 159 Å². The van der Waals surface area contributed by atoms with E-state index in [9.17, 15) is 20.4 Å². The lowest BCUT2D eigenvalue weighted by Crippen LogP contribution is -2.40. The average Bonchev–Trinajstić information content (AvgIpc) is 1.34. The van der Waals surface area contributed by atoms with Crippen LogP contribution in [0.1, 0.15) is 44.5 Å². The molecule has 0 aromatic heterocycles. The van der Waals surface area contributed by atoms with Crippen molar-refractivity contribution >= 4 is 272 Å². The van der Waals surface area contributed by atoms with Crippen molar-refractivity contribution < 1.29 is 96.4 Å². The molecule has 0 saturated heterocycles. The molecule has 2 unspecified atom stereocenters. The number of hydrogen-bond acceptors (Lipinski definition) is 20. The Morgan fingerprint density at radius 1 is 0.173 bits per heavy atom. The number of benzene rings is 16. The Hall–Kier alpha value is -9.88. The summed E-state index contributed by atoms with van der Waals surface area (Å²) in [4.78, 5) is 71.9. The summed E-state index contributed by atoms with van der Waals surface area (Å²) in [6.07, 6.45) is 0. The first-order valence-corrected chi connectivity index (χ1v) is 39.2.